The van der Waals surface area contributed by atoms with Gasteiger partial charge in [0.15, 0.2) is 11.5 Å². The molecule has 1 aromatic heterocycles. The standard InChI is InChI=1S/C17H13NO3S/c19-17(13-10-22-16-4-2-1-3-12(13)16)18-11-5-6-14-15(9-11)21-8-7-20-14/h1-6,9-10H,7-8H2,(H,18,19). The monoisotopic (exact) mass is 311 g/mol. The van der Waals surface area contributed by atoms with E-state index in [1.165, 1.54) is 0 Å². The molecule has 0 fully saturated rings. The number of carbonyl (C=O) groups is 1. The predicted molar refractivity (Wildman–Crippen MR) is 87.2 cm³/mol. The van der Waals surface area contributed by atoms with Crippen molar-refractivity contribution >= 4 is 33.0 Å². The van der Waals surface area contributed by atoms with Gasteiger partial charge in [0.05, 0.1) is 5.56 Å². The van der Waals surface area contributed by atoms with E-state index in [9.17, 15) is 4.79 Å². The molecule has 110 valence electrons. The number of nitrogens with one attached hydrogen (secondary N) is 1. The molecule has 1 aliphatic rings. The van der Waals surface area contributed by atoms with Gasteiger partial charge in [-0.2, -0.15) is 0 Å². The first-order valence-corrected chi connectivity index (χ1v) is 7.86. The van der Waals surface area contributed by atoms with Crippen LogP contribution < -0.4 is 14.8 Å². The zero-order valence-electron chi connectivity index (χ0n) is 11.7. The lowest BCUT2D eigenvalue weighted by molar-refractivity contribution is 0.102. The van der Waals surface area contributed by atoms with E-state index in [4.69, 9.17) is 9.47 Å². The zero-order valence-corrected chi connectivity index (χ0v) is 12.5. The summed E-state index contributed by atoms with van der Waals surface area (Å²) in [6.45, 7) is 1.08. The average molecular weight is 311 g/mol. The Morgan fingerprint density at radius 3 is 2.77 bits per heavy atom. The van der Waals surface area contributed by atoms with Crippen LogP contribution in [0.5, 0.6) is 11.5 Å². The van der Waals surface area contributed by atoms with Gasteiger partial charge in [-0.3, -0.25) is 4.79 Å². The Balaban J connectivity index is 1.62. The predicted octanol–water partition coefficient (Wildman–Crippen LogP) is 3.92. The highest BCUT2D eigenvalue weighted by Crippen LogP contribution is 2.33. The number of rotatable bonds is 2. The number of hydrogen-bond acceptors (Lipinski definition) is 4. The lowest BCUT2D eigenvalue weighted by atomic mass is 10.1. The third-order valence-electron chi connectivity index (χ3n) is 3.53. The Labute approximate surface area is 131 Å². The highest BCUT2D eigenvalue weighted by atomic mass is 32.1. The van der Waals surface area contributed by atoms with E-state index < -0.39 is 0 Å². The van der Waals surface area contributed by atoms with Gasteiger partial charge < -0.3 is 14.8 Å². The highest BCUT2D eigenvalue weighted by Gasteiger charge is 2.15. The number of hydrogen-bond donors (Lipinski definition) is 1. The minimum Gasteiger partial charge on any atom is -0.486 e. The van der Waals surface area contributed by atoms with Crippen molar-refractivity contribution < 1.29 is 14.3 Å². The molecule has 0 saturated carbocycles. The summed E-state index contributed by atoms with van der Waals surface area (Å²) in [5, 5.41) is 5.78. The summed E-state index contributed by atoms with van der Waals surface area (Å²) in [5.74, 6) is 1.26. The molecule has 1 N–H and O–H groups in total. The molecule has 0 atom stereocenters. The van der Waals surface area contributed by atoms with E-state index in [0.29, 0.717) is 36.0 Å². The molecule has 0 aliphatic carbocycles. The SMILES string of the molecule is O=C(Nc1ccc2c(c1)OCCO2)c1csc2ccccc12. The molecule has 4 nitrogen and oxygen atoms in total. The molecular formula is C17H13NO3S. The van der Waals surface area contributed by atoms with Crippen molar-refractivity contribution in [2.75, 3.05) is 18.5 Å². The Hall–Kier alpha value is -2.53. The maximum atomic E-state index is 12.5. The summed E-state index contributed by atoms with van der Waals surface area (Å²) < 4.78 is 12.1. The van der Waals surface area contributed by atoms with E-state index >= 15 is 0 Å². The van der Waals surface area contributed by atoms with Crippen molar-refractivity contribution in [2.24, 2.45) is 0 Å². The molecule has 0 spiro atoms. The van der Waals surface area contributed by atoms with Crippen LogP contribution >= 0.6 is 11.3 Å². The van der Waals surface area contributed by atoms with Crippen LogP contribution in [0.2, 0.25) is 0 Å². The fourth-order valence-corrected chi connectivity index (χ4v) is 3.41. The van der Waals surface area contributed by atoms with E-state index in [-0.39, 0.29) is 5.91 Å². The van der Waals surface area contributed by atoms with Gasteiger partial charge in [0, 0.05) is 27.2 Å². The molecule has 0 unspecified atom stereocenters. The number of ether oxygens (including phenoxy) is 2. The van der Waals surface area contributed by atoms with Crippen molar-refractivity contribution in [1.29, 1.82) is 0 Å². The number of amides is 1. The van der Waals surface area contributed by atoms with Gasteiger partial charge in [0.25, 0.3) is 5.91 Å². The number of thiophene rings is 1. The smallest absolute Gasteiger partial charge is 0.257 e. The molecule has 1 aliphatic heterocycles. The topological polar surface area (TPSA) is 47.6 Å². The number of carbonyl (C=O) groups excluding carboxylic acids is 1. The first kappa shape index (κ1) is 13.2. The Morgan fingerprint density at radius 2 is 1.86 bits per heavy atom. The van der Waals surface area contributed by atoms with E-state index in [1.807, 2.05) is 41.8 Å². The number of anilines is 1. The van der Waals surface area contributed by atoms with Crippen LogP contribution in [0.1, 0.15) is 10.4 Å². The maximum absolute atomic E-state index is 12.5. The van der Waals surface area contributed by atoms with Gasteiger partial charge in [-0.25, -0.2) is 0 Å². The summed E-state index contributed by atoms with van der Waals surface area (Å²) >= 11 is 1.57. The third kappa shape index (κ3) is 2.29. The minimum absolute atomic E-state index is 0.117. The molecule has 4 rings (SSSR count). The molecule has 0 saturated heterocycles. The second-order valence-corrected chi connectivity index (χ2v) is 5.87. The van der Waals surface area contributed by atoms with E-state index in [1.54, 1.807) is 17.4 Å². The lowest BCUT2D eigenvalue weighted by Crippen LogP contribution is -2.16. The molecule has 5 heteroatoms. The molecule has 0 radical (unpaired) electrons. The molecule has 2 heterocycles. The van der Waals surface area contributed by atoms with E-state index in [0.717, 1.165) is 10.1 Å². The summed E-state index contributed by atoms with van der Waals surface area (Å²) in [6, 6.07) is 13.3. The second-order valence-electron chi connectivity index (χ2n) is 4.96. The lowest BCUT2D eigenvalue weighted by Gasteiger charge is -2.19. The highest BCUT2D eigenvalue weighted by molar-refractivity contribution is 7.17. The van der Waals surface area contributed by atoms with Gasteiger partial charge in [0.1, 0.15) is 13.2 Å². The summed E-state index contributed by atoms with van der Waals surface area (Å²) in [6.07, 6.45) is 0. The van der Waals surface area contributed by atoms with Crippen LogP contribution in [0.25, 0.3) is 10.1 Å². The van der Waals surface area contributed by atoms with Crippen molar-refractivity contribution in [2.45, 2.75) is 0 Å². The van der Waals surface area contributed by atoms with Crippen LogP contribution in [0.15, 0.2) is 47.8 Å². The van der Waals surface area contributed by atoms with Crippen LogP contribution in [-0.2, 0) is 0 Å². The van der Waals surface area contributed by atoms with Crippen LogP contribution in [-0.4, -0.2) is 19.1 Å². The van der Waals surface area contributed by atoms with Gasteiger partial charge in [-0.05, 0) is 18.2 Å². The fourth-order valence-electron chi connectivity index (χ4n) is 2.47. The molecule has 22 heavy (non-hydrogen) atoms. The summed E-state index contributed by atoms with van der Waals surface area (Å²) in [4.78, 5) is 12.5. The average Bonchev–Trinajstić information content (AvgIpc) is 2.99. The normalized spacial score (nSPS) is 13.1. The molecular weight excluding hydrogens is 298 g/mol. The van der Waals surface area contributed by atoms with Gasteiger partial charge in [0.2, 0.25) is 0 Å². The second kappa shape index (κ2) is 5.35. The fraction of sp³-hybridized carbons (Fsp3) is 0.118. The van der Waals surface area contributed by atoms with Crippen molar-refractivity contribution in [1.82, 2.24) is 0 Å². The Morgan fingerprint density at radius 1 is 1.05 bits per heavy atom. The third-order valence-corrected chi connectivity index (χ3v) is 4.49. The van der Waals surface area contributed by atoms with E-state index in [2.05, 4.69) is 5.32 Å². The maximum Gasteiger partial charge on any atom is 0.257 e. The zero-order chi connectivity index (χ0) is 14.9. The van der Waals surface area contributed by atoms with Gasteiger partial charge in [-0.1, -0.05) is 18.2 Å². The van der Waals surface area contributed by atoms with Crippen LogP contribution in [0.3, 0.4) is 0 Å². The Kier molecular flexibility index (Phi) is 3.20. The Bertz CT molecular complexity index is 856. The van der Waals surface area contributed by atoms with Crippen LogP contribution in [0.4, 0.5) is 5.69 Å². The first-order chi connectivity index (χ1) is 10.8. The molecule has 3 aromatic rings. The van der Waals surface area contributed by atoms with Gasteiger partial charge in [-0.15, -0.1) is 11.3 Å². The number of fused-ring (bicyclic) bond motifs is 2. The quantitative estimate of drug-likeness (QED) is 0.780. The van der Waals surface area contributed by atoms with Gasteiger partial charge >= 0.3 is 0 Å². The summed E-state index contributed by atoms with van der Waals surface area (Å²) in [5.41, 5.74) is 1.39. The molecule has 2 aromatic carbocycles. The van der Waals surface area contributed by atoms with Crippen molar-refractivity contribution in [3.63, 3.8) is 0 Å². The molecule has 0 bridgehead atoms. The number of benzene rings is 2. The van der Waals surface area contributed by atoms with Crippen molar-refractivity contribution in [3.05, 3.63) is 53.4 Å². The first-order valence-electron chi connectivity index (χ1n) is 6.98. The van der Waals surface area contributed by atoms with Crippen molar-refractivity contribution in [3.8, 4) is 11.5 Å². The van der Waals surface area contributed by atoms with Crippen LogP contribution in [0, 0.1) is 0 Å². The minimum atomic E-state index is -0.117. The largest absolute Gasteiger partial charge is 0.486 e. The summed E-state index contributed by atoms with van der Waals surface area (Å²) in [7, 11) is 0. The molecule has 1 amide bonds.